The first-order valence-electron chi connectivity index (χ1n) is 9.99. The second-order valence-electron chi connectivity index (χ2n) is 7.57. The molecule has 146 valence electrons. The van der Waals surface area contributed by atoms with Gasteiger partial charge in [0.2, 0.25) is 5.88 Å². The summed E-state index contributed by atoms with van der Waals surface area (Å²) in [6.07, 6.45) is 4.64. The topological polar surface area (TPSA) is 65.5 Å². The van der Waals surface area contributed by atoms with Gasteiger partial charge in [-0.05, 0) is 36.8 Å². The van der Waals surface area contributed by atoms with E-state index in [-0.39, 0.29) is 17.8 Å². The van der Waals surface area contributed by atoms with Gasteiger partial charge in [0, 0.05) is 24.1 Å². The van der Waals surface area contributed by atoms with E-state index in [9.17, 15) is 9.59 Å². The Morgan fingerprint density at radius 3 is 2.61 bits per heavy atom. The average Bonchev–Trinajstić information content (AvgIpc) is 2.74. The molecule has 28 heavy (non-hydrogen) atoms. The lowest BCUT2D eigenvalue weighted by Gasteiger charge is -2.33. The fourth-order valence-electron chi connectivity index (χ4n) is 4.42. The average molecular weight is 379 g/mol. The molecule has 0 saturated heterocycles. The number of rotatable bonds is 4. The lowest BCUT2D eigenvalue weighted by molar-refractivity contribution is -0.155. The van der Waals surface area contributed by atoms with Gasteiger partial charge in [0.05, 0.1) is 7.11 Å². The third kappa shape index (κ3) is 3.66. The first-order valence-corrected chi connectivity index (χ1v) is 9.99. The van der Waals surface area contributed by atoms with Gasteiger partial charge < -0.3 is 9.47 Å². The first kappa shape index (κ1) is 18.7. The van der Waals surface area contributed by atoms with Crippen molar-refractivity contribution in [3.05, 3.63) is 59.3 Å². The van der Waals surface area contributed by atoms with Gasteiger partial charge in [-0.2, -0.15) is 0 Å². The number of hydrogen-bond acceptors (Lipinski definition) is 5. The normalized spacial score (nSPS) is 24.3. The zero-order chi connectivity index (χ0) is 19.5. The number of pyridine rings is 1. The van der Waals surface area contributed by atoms with E-state index in [2.05, 4.69) is 17.1 Å². The molecule has 1 aromatic heterocycles. The quantitative estimate of drug-likeness (QED) is 0.594. The number of nitrogens with zero attached hydrogens (tertiary/aromatic N) is 1. The number of ether oxygens (including phenoxy) is 2. The van der Waals surface area contributed by atoms with Crippen LogP contribution in [0.4, 0.5) is 0 Å². The molecule has 4 rings (SSSR count). The zero-order valence-electron chi connectivity index (χ0n) is 16.1. The van der Waals surface area contributed by atoms with Crippen molar-refractivity contribution in [3.63, 3.8) is 0 Å². The number of aromatic nitrogens is 1. The molecule has 1 heterocycles. The summed E-state index contributed by atoms with van der Waals surface area (Å²) in [5.74, 6) is -0.717. The maximum atomic E-state index is 13.1. The van der Waals surface area contributed by atoms with Crippen LogP contribution in [-0.2, 0) is 20.7 Å². The van der Waals surface area contributed by atoms with Crippen molar-refractivity contribution < 1.29 is 19.1 Å². The van der Waals surface area contributed by atoms with Gasteiger partial charge in [-0.3, -0.25) is 9.59 Å². The van der Waals surface area contributed by atoms with Crippen LogP contribution in [0.5, 0.6) is 5.88 Å². The fraction of sp³-hybridized carbons (Fsp3) is 0.435. The minimum Gasteiger partial charge on any atom is -0.481 e. The third-order valence-corrected chi connectivity index (χ3v) is 5.87. The van der Waals surface area contributed by atoms with Crippen LogP contribution in [-0.4, -0.2) is 30.0 Å². The van der Waals surface area contributed by atoms with E-state index in [0.29, 0.717) is 24.3 Å². The molecule has 5 heteroatoms. The largest absolute Gasteiger partial charge is 0.481 e. The maximum absolute atomic E-state index is 13.1. The molecular weight excluding hydrogens is 354 g/mol. The summed E-state index contributed by atoms with van der Waals surface area (Å²) in [7, 11) is 1.56. The Bertz CT molecular complexity index is 864. The molecule has 0 aliphatic heterocycles. The van der Waals surface area contributed by atoms with Gasteiger partial charge in [-0.25, -0.2) is 4.98 Å². The molecule has 0 radical (unpaired) electrons. The molecular formula is C23H25NO4. The van der Waals surface area contributed by atoms with Crippen molar-refractivity contribution in [1.29, 1.82) is 0 Å². The van der Waals surface area contributed by atoms with Crippen molar-refractivity contribution in [2.24, 2.45) is 0 Å². The molecule has 1 fully saturated rings. The SMILES string of the molecule is COc1ccc2c(n1)CCC(=O)C2C(=O)O[C@@H]1CCCC[C@H]1c1ccccc1. The molecule has 0 spiro atoms. The monoisotopic (exact) mass is 379 g/mol. The number of methoxy groups -OCH3 is 1. The van der Waals surface area contributed by atoms with E-state index < -0.39 is 11.9 Å². The van der Waals surface area contributed by atoms with E-state index in [1.165, 1.54) is 5.56 Å². The zero-order valence-corrected chi connectivity index (χ0v) is 16.1. The number of carbonyl (C=O) groups is 2. The summed E-state index contributed by atoms with van der Waals surface area (Å²) in [4.78, 5) is 30.1. The predicted molar refractivity (Wildman–Crippen MR) is 104 cm³/mol. The van der Waals surface area contributed by atoms with Gasteiger partial charge in [0.1, 0.15) is 12.0 Å². The van der Waals surface area contributed by atoms with Crippen LogP contribution in [0.25, 0.3) is 0 Å². The Balaban J connectivity index is 1.56. The second-order valence-corrected chi connectivity index (χ2v) is 7.57. The van der Waals surface area contributed by atoms with E-state index in [1.807, 2.05) is 18.2 Å². The number of carbonyl (C=O) groups excluding carboxylic acids is 2. The Morgan fingerprint density at radius 2 is 1.82 bits per heavy atom. The third-order valence-electron chi connectivity index (χ3n) is 5.87. The molecule has 3 atom stereocenters. The van der Waals surface area contributed by atoms with Gasteiger partial charge >= 0.3 is 5.97 Å². The highest BCUT2D eigenvalue weighted by Gasteiger charge is 2.38. The van der Waals surface area contributed by atoms with Crippen molar-refractivity contribution in [2.75, 3.05) is 7.11 Å². The van der Waals surface area contributed by atoms with Gasteiger partial charge in [-0.1, -0.05) is 42.8 Å². The number of aryl methyl sites for hydroxylation is 1. The van der Waals surface area contributed by atoms with E-state index in [4.69, 9.17) is 9.47 Å². The van der Waals surface area contributed by atoms with Crippen molar-refractivity contribution in [1.82, 2.24) is 4.98 Å². The second kappa shape index (κ2) is 8.13. The van der Waals surface area contributed by atoms with Crippen molar-refractivity contribution >= 4 is 11.8 Å². The van der Waals surface area contributed by atoms with Crippen LogP contribution < -0.4 is 4.74 Å². The molecule has 0 amide bonds. The summed E-state index contributed by atoms with van der Waals surface area (Å²) in [6, 6.07) is 13.7. The first-order chi connectivity index (χ1) is 13.7. The molecule has 1 saturated carbocycles. The molecule has 0 bridgehead atoms. The van der Waals surface area contributed by atoms with Crippen LogP contribution >= 0.6 is 0 Å². The maximum Gasteiger partial charge on any atom is 0.321 e. The summed E-state index contributed by atoms with van der Waals surface area (Å²) in [6.45, 7) is 0. The van der Waals surface area contributed by atoms with Crippen LogP contribution in [0.2, 0.25) is 0 Å². The Kier molecular flexibility index (Phi) is 5.42. The summed E-state index contributed by atoms with van der Waals surface area (Å²) in [5, 5.41) is 0. The smallest absolute Gasteiger partial charge is 0.321 e. The Hall–Kier alpha value is -2.69. The van der Waals surface area contributed by atoms with Crippen LogP contribution in [0, 0.1) is 0 Å². The highest BCUT2D eigenvalue weighted by Crippen LogP contribution is 2.37. The number of Topliss-reactive ketones (excluding diaryl/α,β-unsaturated/α-hetero) is 1. The lowest BCUT2D eigenvalue weighted by atomic mass is 9.81. The van der Waals surface area contributed by atoms with Crippen LogP contribution in [0.1, 0.15) is 60.8 Å². The molecule has 2 aliphatic rings. The van der Waals surface area contributed by atoms with E-state index in [0.717, 1.165) is 31.4 Å². The molecule has 0 N–H and O–H groups in total. The van der Waals surface area contributed by atoms with Crippen molar-refractivity contribution in [2.45, 2.75) is 56.5 Å². The Morgan fingerprint density at radius 1 is 1.04 bits per heavy atom. The van der Waals surface area contributed by atoms with Crippen molar-refractivity contribution in [3.8, 4) is 5.88 Å². The molecule has 2 aliphatic carbocycles. The fourth-order valence-corrected chi connectivity index (χ4v) is 4.42. The summed E-state index contributed by atoms with van der Waals surface area (Å²) < 4.78 is 11.1. The highest BCUT2D eigenvalue weighted by atomic mass is 16.5. The number of ketones is 1. The minimum absolute atomic E-state index is 0.0865. The van der Waals surface area contributed by atoms with Crippen LogP contribution in [0.3, 0.4) is 0 Å². The number of esters is 1. The molecule has 1 unspecified atom stereocenters. The van der Waals surface area contributed by atoms with Gasteiger partial charge in [0.15, 0.2) is 5.78 Å². The van der Waals surface area contributed by atoms with Crippen LogP contribution in [0.15, 0.2) is 42.5 Å². The number of benzene rings is 1. The molecule has 5 nitrogen and oxygen atoms in total. The number of fused-ring (bicyclic) bond motifs is 1. The molecule has 2 aromatic rings. The van der Waals surface area contributed by atoms with Gasteiger partial charge in [0.25, 0.3) is 0 Å². The summed E-state index contributed by atoms with van der Waals surface area (Å²) in [5.41, 5.74) is 2.61. The highest BCUT2D eigenvalue weighted by molar-refractivity contribution is 6.05. The Labute approximate surface area is 165 Å². The van der Waals surface area contributed by atoms with E-state index in [1.54, 1.807) is 19.2 Å². The minimum atomic E-state index is -0.875. The number of hydrogen-bond donors (Lipinski definition) is 0. The standard InChI is InChI=1S/C23H25NO4/c1-27-21-14-11-17-18(24-21)12-13-19(25)22(17)23(26)28-20-10-6-5-9-16(20)15-7-3-2-4-8-15/h2-4,7-8,11,14,16,20,22H,5-6,9-10,12-13H2,1H3/t16-,20+,22?/m0/s1. The lowest BCUT2D eigenvalue weighted by Crippen LogP contribution is -2.35. The predicted octanol–water partition coefficient (Wildman–Crippen LogP) is 3.96. The van der Waals surface area contributed by atoms with Gasteiger partial charge in [-0.15, -0.1) is 0 Å². The van der Waals surface area contributed by atoms with E-state index >= 15 is 0 Å². The summed E-state index contributed by atoms with van der Waals surface area (Å²) >= 11 is 0. The molecule has 1 aromatic carbocycles.